The lowest BCUT2D eigenvalue weighted by Crippen LogP contribution is -2.29. The van der Waals surface area contributed by atoms with Crippen LogP contribution >= 0.6 is 0 Å². The van der Waals surface area contributed by atoms with Crippen LogP contribution < -0.4 is 5.43 Å². The molecule has 1 N–H and O–H groups in total. The lowest BCUT2D eigenvalue weighted by molar-refractivity contribution is 0.476. The van der Waals surface area contributed by atoms with Gasteiger partial charge in [-0.25, -0.2) is 12.7 Å². The molecule has 0 bridgehead atoms. The van der Waals surface area contributed by atoms with Crippen molar-refractivity contribution < 1.29 is 8.42 Å². The SMILES string of the molecule is CCCC/C=N\Nc1ccc(CS(=O)(=O)N2CCCC2)cc1. The molecule has 22 heavy (non-hydrogen) atoms. The minimum atomic E-state index is -3.17. The van der Waals surface area contributed by atoms with Gasteiger partial charge in [-0.1, -0.05) is 25.5 Å². The van der Waals surface area contributed by atoms with Crippen molar-refractivity contribution >= 4 is 21.9 Å². The van der Waals surface area contributed by atoms with Gasteiger partial charge >= 0.3 is 0 Å². The van der Waals surface area contributed by atoms with Gasteiger partial charge in [-0.05, 0) is 43.4 Å². The van der Waals surface area contributed by atoms with Gasteiger partial charge in [0.15, 0.2) is 0 Å². The van der Waals surface area contributed by atoms with Crippen molar-refractivity contribution in [1.29, 1.82) is 0 Å². The monoisotopic (exact) mass is 323 g/mol. The maximum atomic E-state index is 12.2. The molecule has 1 heterocycles. The lowest BCUT2D eigenvalue weighted by Gasteiger charge is -2.15. The number of nitrogens with one attached hydrogen (secondary N) is 1. The van der Waals surface area contributed by atoms with Crippen LogP contribution in [0.2, 0.25) is 0 Å². The van der Waals surface area contributed by atoms with Crippen molar-refractivity contribution in [2.24, 2.45) is 5.10 Å². The molecule has 0 unspecified atom stereocenters. The molecule has 2 rings (SSSR count). The third kappa shape index (κ3) is 5.10. The number of unbranched alkanes of at least 4 members (excludes halogenated alkanes) is 2. The summed E-state index contributed by atoms with van der Waals surface area (Å²) in [4.78, 5) is 0. The summed E-state index contributed by atoms with van der Waals surface area (Å²) in [5.74, 6) is 0.0764. The molecule has 1 aromatic rings. The largest absolute Gasteiger partial charge is 0.279 e. The second-order valence-electron chi connectivity index (χ2n) is 5.63. The predicted octanol–water partition coefficient (Wildman–Crippen LogP) is 3.20. The molecule has 1 saturated heterocycles. The molecule has 5 nitrogen and oxygen atoms in total. The molecule has 1 aliphatic heterocycles. The molecule has 0 radical (unpaired) electrons. The van der Waals surface area contributed by atoms with E-state index in [4.69, 9.17) is 0 Å². The minimum Gasteiger partial charge on any atom is -0.279 e. The van der Waals surface area contributed by atoms with Crippen LogP contribution in [-0.4, -0.2) is 32.0 Å². The number of hydrogen-bond acceptors (Lipinski definition) is 4. The summed E-state index contributed by atoms with van der Waals surface area (Å²) in [6.07, 6.45) is 7.08. The number of anilines is 1. The molecule has 0 aliphatic carbocycles. The average molecular weight is 323 g/mol. The summed E-state index contributed by atoms with van der Waals surface area (Å²) < 4.78 is 26.1. The highest BCUT2D eigenvalue weighted by atomic mass is 32.2. The van der Waals surface area contributed by atoms with E-state index in [9.17, 15) is 8.42 Å². The Morgan fingerprint density at radius 3 is 2.55 bits per heavy atom. The number of sulfonamides is 1. The Labute approximate surface area is 133 Å². The minimum absolute atomic E-state index is 0.0764. The Hall–Kier alpha value is -1.40. The van der Waals surface area contributed by atoms with Crippen molar-refractivity contribution in [1.82, 2.24) is 4.31 Å². The van der Waals surface area contributed by atoms with E-state index in [2.05, 4.69) is 17.5 Å². The molecule has 0 aromatic heterocycles. The Kier molecular flexibility index (Phi) is 6.39. The highest BCUT2D eigenvalue weighted by Gasteiger charge is 2.25. The fourth-order valence-corrected chi connectivity index (χ4v) is 4.03. The van der Waals surface area contributed by atoms with E-state index < -0.39 is 10.0 Å². The van der Waals surface area contributed by atoms with Crippen LogP contribution in [0.4, 0.5) is 5.69 Å². The molecule has 0 spiro atoms. The summed E-state index contributed by atoms with van der Waals surface area (Å²) in [7, 11) is -3.17. The van der Waals surface area contributed by atoms with E-state index in [1.165, 1.54) is 0 Å². The molecule has 6 heteroatoms. The van der Waals surface area contributed by atoms with Crippen molar-refractivity contribution in [2.75, 3.05) is 18.5 Å². The molecular formula is C16H25N3O2S. The fraction of sp³-hybridized carbons (Fsp3) is 0.562. The zero-order valence-electron chi connectivity index (χ0n) is 13.2. The molecule has 0 amide bonds. The number of hydrazone groups is 1. The van der Waals surface area contributed by atoms with E-state index in [0.717, 1.165) is 43.4 Å². The number of nitrogens with zero attached hydrogens (tertiary/aromatic N) is 2. The topological polar surface area (TPSA) is 61.8 Å². The zero-order valence-corrected chi connectivity index (χ0v) is 14.0. The molecular weight excluding hydrogens is 298 g/mol. The van der Waals surface area contributed by atoms with Gasteiger partial charge in [0.25, 0.3) is 0 Å². The highest BCUT2D eigenvalue weighted by molar-refractivity contribution is 7.88. The van der Waals surface area contributed by atoms with Crippen LogP contribution in [0.25, 0.3) is 0 Å². The van der Waals surface area contributed by atoms with E-state index in [1.54, 1.807) is 4.31 Å². The Balaban J connectivity index is 1.87. The van der Waals surface area contributed by atoms with E-state index >= 15 is 0 Å². The maximum absolute atomic E-state index is 12.2. The second kappa shape index (κ2) is 8.29. The van der Waals surface area contributed by atoms with Crippen LogP contribution in [0.15, 0.2) is 29.4 Å². The lowest BCUT2D eigenvalue weighted by atomic mass is 10.2. The number of rotatable bonds is 8. The van der Waals surface area contributed by atoms with E-state index in [-0.39, 0.29) is 5.75 Å². The van der Waals surface area contributed by atoms with Gasteiger partial charge < -0.3 is 0 Å². The molecule has 0 saturated carbocycles. The Morgan fingerprint density at radius 1 is 1.23 bits per heavy atom. The van der Waals surface area contributed by atoms with Crippen LogP contribution in [0.1, 0.15) is 44.6 Å². The second-order valence-corrected chi connectivity index (χ2v) is 7.59. The first-order valence-electron chi connectivity index (χ1n) is 7.96. The molecule has 1 aromatic carbocycles. The van der Waals surface area contributed by atoms with Crippen molar-refractivity contribution in [3.05, 3.63) is 29.8 Å². The fourth-order valence-electron chi connectivity index (χ4n) is 2.42. The van der Waals surface area contributed by atoms with Crippen LogP contribution in [0, 0.1) is 0 Å². The zero-order chi connectivity index (χ0) is 15.8. The number of hydrogen-bond donors (Lipinski definition) is 1. The normalized spacial score (nSPS) is 16.4. The van der Waals surface area contributed by atoms with Gasteiger partial charge in [-0.3, -0.25) is 5.43 Å². The molecule has 122 valence electrons. The Bertz CT molecular complexity index is 576. The highest BCUT2D eigenvalue weighted by Crippen LogP contribution is 2.18. The molecule has 1 fully saturated rings. The van der Waals surface area contributed by atoms with Gasteiger partial charge in [-0.2, -0.15) is 5.10 Å². The first-order chi connectivity index (χ1) is 10.6. The summed E-state index contributed by atoms with van der Waals surface area (Å²) in [5.41, 5.74) is 4.64. The van der Waals surface area contributed by atoms with Crippen molar-refractivity contribution in [2.45, 2.75) is 44.8 Å². The molecule has 0 atom stereocenters. The summed E-state index contributed by atoms with van der Waals surface area (Å²) in [6.45, 7) is 3.47. The van der Waals surface area contributed by atoms with Crippen molar-refractivity contribution in [3.8, 4) is 0 Å². The standard InChI is InChI=1S/C16H25N3O2S/c1-2-3-4-11-17-18-16-9-7-15(8-10-16)14-22(20,21)19-12-5-6-13-19/h7-11,18H,2-6,12-14H2,1H3/b17-11-. The van der Waals surface area contributed by atoms with Gasteiger partial charge in [0.1, 0.15) is 0 Å². The van der Waals surface area contributed by atoms with Gasteiger partial charge in [-0.15, -0.1) is 0 Å². The molecule has 1 aliphatic rings. The Morgan fingerprint density at radius 2 is 1.91 bits per heavy atom. The average Bonchev–Trinajstić information content (AvgIpc) is 3.04. The summed E-state index contributed by atoms with van der Waals surface area (Å²) in [5, 5.41) is 4.14. The summed E-state index contributed by atoms with van der Waals surface area (Å²) >= 11 is 0. The third-order valence-corrected chi connectivity index (χ3v) is 5.58. The quantitative estimate of drug-likeness (QED) is 0.454. The van der Waals surface area contributed by atoms with Gasteiger partial charge in [0.2, 0.25) is 10.0 Å². The first kappa shape index (κ1) is 17.0. The van der Waals surface area contributed by atoms with E-state index in [1.807, 2.05) is 30.5 Å². The van der Waals surface area contributed by atoms with Crippen molar-refractivity contribution in [3.63, 3.8) is 0 Å². The van der Waals surface area contributed by atoms with Crippen LogP contribution in [-0.2, 0) is 15.8 Å². The van der Waals surface area contributed by atoms with Gasteiger partial charge in [0.05, 0.1) is 11.4 Å². The third-order valence-electron chi connectivity index (χ3n) is 3.73. The maximum Gasteiger partial charge on any atom is 0.218 e. The van der Waals surface area contributed by atoms with Gasteiger partial charge in [0, 0.05) is 19.3 Å². The predicted molar refractivity (Wildman–Crippen MR) is 91.5 cm³/mol. The summed E-state index contributed by atoms with van der Waals surface area (Å²) in [6, 6.07) is 7.42. The van der Waals surface area contributed by atoms with Crippen LogP contribution in [0.3, 0.4) is 0 Å². The first-order valence-corrected chi connectivity index (χ1v) is 9.57. The van der Waals surface area contributed by atoms with E-state index in [0.29, 0.717) is 13.1 Å². The smallest absolute Gasteiger partial charge is 0.218 e. The number of benzene rings is 1. The van der Waals surface area contributed by atoms with Crippen LogP contribution in [0.5, 0.6) is 0 Å².